The van der Waals surface area contributed by atoms with Crippen LogP contribution in [0.15, 0.2) is 26.5 Å². The number of halogens is 6. The lowest BCUT2D eigenvalue weighted by Gasteiger charge is -2.14. The van der Waals surface area contributed by atoms with E-state index in [2.05, 4.69) is 0 Å². The van der Waals surface area contributed by atoms with Gasteiger partial charge in [-0.05, 0) is 12.1 Å². The molecule has 3 rings (SSSR count). The first-order chi connectivity index (χ1) is 11.4. The summed E-state index contributed by atoms with van der Waals surface area (Å²) in [5.41, 5.74) is -8.89. The second-order valence-electron chi connectivity index (χ2n) is 5.05. The minimum Gasteiger partial charge on any atom is -0.350 e. The summed E-state index contributed by atoms with van der Waals surface area (Å²) in [6, 6.07) is 0.0524. The molecule has 0 aliphatic rings. The summed E-state index contributed by atoms with van der Waals surface area (Å²) >= 11 is 0. The zero-order valence-electron chi connectivity index (χ0n) is 11.6. The Balaban J connectivity index is 2.67. The quantitative estimate of drug-likeness (QED) is 0.420. The Kier molecular flexibility index (Phi) is 3.34. The molecule has 0 unspecified atom stereocenters. The Morgan fingerprint density at radius 1 is 0.760 bits per heavy atom. The van der Waals surface area contributed by atoms with Crippen LogP contribution in [0.2, 0.25) is 0 Å². The van der Waals surface area contributed by atoms with Gasteiger partial charge in [-0.3, -0.25) is 24.6 Å². The maximum atomic E-state index is 13.2. The van der Waals surface area contributed by atoms with Crippen LogP contribution in [0.4, 0.5) is 26.3 Å². The molecule has 2 heterocycles. The number of nitrogens with one attached hydrogen (secondary N) is 3. The van der Waals surface area contributed by atoms with Crippen molar-refractivity contribution in [2.24, 2.45) is 0 Å². The maximum Gasteiger partial charge on any atom is 0.417 e. The van der Waals surface area contributed by atoms with Gasteiger partial charge in [-0.15, -0.1) is 0 Å². The van der Waals surface area contributed by atoms with Crippen LogP contribution in [0.5, 0.6) is 0 Å². The number of hydrogen-bond acceptors (Lipinski definition) is 3. The summed E-state index contributed by atoms with van der Waals surface area (Å²) in [7, 11) is 0. The fourth-order valence-corrected chi connectivity index (χ4v) is 2.43. The molecule has 6 nitrogen and oxygen atoms in total. The fourth-order valence-electron chi connectivity index (χ4n) is 2.43. The molecule has 3 aromatic rings. The van der Waals surface area contributed by atoms with Crippen LogP contribution < -0.4 is 16.5 Å². The summed E-state index contributed by atoms with van der Waals surface area (Å²) in [5, 5.41) is 1.51. The summed E-state index contributed by atoms with van der Waals surface area (Å²) in [6.45, 7) is 0. The number of H-pyrrole nitrogens is 3. The van der Waals surface area contributed by atoms with Gasteiger partial charge in [-0.2, -0.15) is 26.3 Å². The SMILES string of the molecule is O=c1[nH][nH]c(=O)c2c(=O)c3c(C(F)(F)F)cc(C(F)(F)F)cc3[nH]c12. The first-order valence-corrected chi connectivity index (χ1v) is 6.40. The van der Waals surface area contributed by atoms with E-state index >= 15 is 0 Å². The van der Waals surface area contributed by atoms with Crippen molar-refractivity contribution < 1.29 is 26.3 Å². The van der Waals surface area contributed by atoms with Crippen molar-refractivity contribution in [3.8, 4) is 0 Å². The summed E-state index contributed by atoms with van der Waals surface area (Å²) in [4.78, 5) is 37.7. The Morgan fingerprint density at radius 2 is 1.36 bits per heavy atom. The third-order valence-corrected chi connectivity index (χ3v) is 3.48. The molecule has 0 aliphatic heterocycles. The minimum absolute atomic E-state index is 0.217. The predicted molar refractivity (Wildman–Crippen MR) is 73.3 cm³/mol. The van der Waals surface area contributed by atoms with E-state index in [4.69, 9.17) is 0 Å². The van der Waals surface area contributed by atoms with E-state index in [1.54, 1.807) is 5.10 Å². The highest BCUT2D eigenvalue weighted by atomic mass is 19.4. The third-order valence-electron chi connectivity index (χ3n) is 3.48. The number of rotatable bonds is 0. The van der Waals surface area contributed by atoms with E-state index in [9.17, 15) is 40.7 Å². The van der Waals surface area contributed by atoms with E-state index in [-0.39, 0.29) is 12.1 Å². The van der Waals surface area contributed by atoms with Crippen LogP contribution in [0, 0.1) is 0 Å². The molecule has 0 saturated heterocycles. The normalized spacial score (nSPS) is 12.9. The van der Waals surface area contributed by atoms with Crippen molar-refractivity contribution in [1.29, 1.82) is 0 Å². The molecule has 0 radical (unpaired) electrons. The van der Waals surface area contributed by atoms with Gasteiger partial charge in [0.15, 0.2) is 0 Å². The van der Waals surface area contributed by atoms with Crippen molar-refractivity contribution in [2.45, 2.75) is 12.4 Å². The molecule has 1 aromatic carbocycles. The molecule has 132 valence electrons. The van der Waals surface area contributed by atoms with Gasteiger partial charge in [-0.25, -0.2) is 0 Å². The zero-order valence-corrected chi connectivity index (χ0v) is 11.6. The number of pyridine rings is 1. The molecule has 12 heteroatoms. The van der Waals surface area contributed by atoms with Crippen LogP contribution in [0.1, 0.15) is 11.1 Å². The largest absolute Gasteiger partial charge is 0.417 e. The van der Waals surface area contributed by atoms with Crippen molar-refractivity contribution in [2.75, 3.05) is 0 Å². The zero-order chi connectivity index (χ0) is 18.7. The average Bonchev–Trinajstić information content (AvgIpc) is 2.48. The monoisotopic (exact) mass is 365 g/mol. The Labute approximate surface area is 131 Å². The Bertz CT molecular complexity index is 1180. The molecule has 0 amide bonds. The summed E-state index contributed by atoms with van der Waals surface area (Å²) in [6.07, 6.45) is -10.4. The van der Waals surface area contributed by atoms with E-state index in [0.29, 0.717) is 0 Å². The van der Waals surface area contributed by atoms with E-state index < -0.39 is 61.8 Å². The first kappa shape index (κ1) is 16.8. The van der Waals surface area contributed by atoms with Gasteiger partial charge in [0.05, 0.1) is 22.0 Å². The molecule has 0 saturated carbocycles. The lowest BCUT2D eigenvalue weighted by atomic mass is 10.0. The van der Waals surface area contributed by atoms with Crippen molar-refractivity contribution in [3.63, 3.8) is 0 Å². The second kappa shape index (κ2) is 4.97. The summed E-state index contributed by atoms with van der Waals surface area (Å²) in [5.74, 6) is 0. The number of alkyl halides is 6. The molecule has 0 spiro atoms. The van der Waals surface area contributed by atoms with Gasteiger partial charge in [0.2, 0.25) is 5.43 Å². The van der Waals surface area contributed by atoms with Gasteiger partial charge in [-0.1, -0.05) is 0 Å². The molecule has 0 bridgehead atoms. The van der Waals surface area contributed by atoms with E-state index in [1.165, 1.54) is 0 Å². The molecular weight excluding hydrogens is 360 g/mol. The van der Waals surface area contributed by atoms with Crippen LogP contribution in [-0.2, 0) is 12.4 Å². The van der Waals surface area contributed by atoms with E-state index in [0.717, 1.165) is 0 Å². The minimum atomic E-state index is -5.30. The third kappa shape index (κ3) is 2.58. The van der Waals surface area contributed by atoms with Crippen LogP contribution in [0.3, 0.4) is 0 Å². The number of fused-ring (bicyclic) bond motifs is 2. The predicted octanol–water partition coefficient (Wildman–Crippen LogP) is 2.10. The van der Waals surface area contributed by atoms with Gasteiger partial charge in [0.1, 0.15) is 10.9 Å². The molecule has 0 aliphatic carbocycles. The molecule has 25 heavy (non-hydrogen) atoms. The van der Waals surface area contributed by atoms with Gasteiger partial charge >= 0.3 is 12.4 Å². The highest BCUT2D eigenvalue weighted by molar-refractivity contribution is 5.94. The van der Waals surface area contributed by atoms with Crippen LogP contribution in [-0.4, -0.2) is 15.2 Å². The first-order valence-electron chi connectivity index (χ1n) is 6.40. The number of benzene rings is 1. The van der Waals surface area contributed by atoms with Crippen molar-refractivity contribution in [3.05, 3.63) is 54.2 Å². The van der Waals surface area contributed by atoms with Crippen molar-refractivity contribution in [1.82, 2.24) is 15.2 Å². The van der Waals surface area contributed by atoms with Gasteiger partial charge in [0.25, 0.3) is 11.1 Å². The summed E-state index contributed by atoms with van der Waals surface area (Å²) < 4.78 is 78.1. The highest BCUT2D eigenvalue weighted by Crippen LogP contribution is 2.38. The fraction of sp³-hybridized carbons (Fsp3) is 0.154. The number of aromatic amines is 3. The molecule has 2 aromatic heterocycles. The lowest BCUT2D eigenvalue weighted by Crippen LogP contribution is -2.27. The van der Waals surface area contributed by atoms with Crippen molar-refractivity contribution >= 4 is 21.8 Å². The van der Waals surface area contributed by atoms with Gasteiger partial charge in [0, 0.05) is 0 Å². The smallest absolute Gasteiger partial charge is 0.350 e. The second-order valence-corrected chi connectivity index (χ2v) is 5.05. The van der Waals surface area contributed by atoms with Crippen LogP contribution >= 0.6 is 0 Å². The lowest BCUT2D eigenvalue weighted by molar-refractivity contribution is -0.142. The molecule has 0 atom stereocenters. The number of aromatic nitrogens is 3. The topological polar surface area (TPSA) is 98.6 Å². The molecular formula is C13H5F6N3O3. The molecule has 3 N–H and O–H groups in total. The Morgan fingerprint density at radius 3 is 1.92 bits per heavy atom. The standard InChI is InChI=1S/C13H5F6N3O3/c14-12(15,16)3-1-4(13(17,18)19)6-5(2-3)20-8-7(9(6)23)10(24)21-22-11(8)25/h1-2H,(H,20,23)(H,21,24)(H,22,25). The number of hydrogen-bond donors (Lipinski definition) is 3. The Hall–Kier alpha value is -3.05. The van der Waals surface area contributed by atoms with Gasteiger partial charge < -0.3 is 4.98 Å². The molecule has 0 fully saturated rings. The van der Waals surface area contributed by atoms with E-state index in [1.807, 2.05) is 10.1 Å². The highest BCUT2D eigenvalue weighted by Gasteiger charge is 2.39. The van der Waals surface area contributed by atoms with Crippen LogP contribution in [0.25, 0.3) is 21.8 Å². The maximum absolute atomic E-state index is 13.2. The average molecular weight is 365 g/mol.